The number of piperidine rings is 1. The van der Waals surface area contributed by atoms with Crippen molar-refractivity contribution in [2.45, 2.75) is 31.6 Å². The zero-order valence-corrected chi connectivity index (χ0v) is 14.6. The highest BCUT2D eigenvalue weighted by molar-refractivity contribution is 5.75. The highest BCUT2D eigenvalue weighted by Crippen LogP contribution is 2.34. The van der Waals surface area contributed by atoms with Gasteiger partial charge < -0.3 is 9.80 Å². The summed E-state index contributed by atoms with van der Waals surface area (Å²) in [5.74, 6) is 2.42. The minimum atomic E-state index is 0.485. The first kappa shape index (κ1) is 15.5. The summed E-state index contributed by atoms with van der Waals surface area (Å²) in [5.41, 5.74) is 2.35. The Morgan fingerprint density at radius 3 is 2.00 bits per heavy atom. The molecule has 2 saturated heterocycles. The van der Waals surface area contributed by atoms with Crippen molar-refractivity contribution in [3.63, 3.8) is 0 Å². The Morgan fingerprint density at radius 2 is 1.38 bits per heavy atom. The van der Waals surface area contributed by atoms with Gasteiger partial charge in [0, 0.05) is 38.6 Å². The first-order valence-electron chi connectivity index (χ1n) is 9.28. The molecule has 0 radical (unpaired) electrons. The molecule has 26 heavy (non-hydrogen) atoms. The van der Waals surface area contributed by atoms with Crippen LogP contribution in [-0.4, -0.2) is 51.4 Å². The van der Waals surface area contributed by atoms with Crippen molar-refractivity contribution in [1.29, 1.82) is 0 Å². The summed E-state index contributed by atoms with van der Waals surface area (Å²) >= 11 is 0. The van der Waals surface area contributed by atoms with E-state index in [4.69, 9.17) is 14.6 Å². The molecule has 0 spiro atoms. The van der Waals surface area contributed by atoms with Gasteiger partial charge in [0.15, 0.2) is 11.6 Å². The van der Waals surface area contributed by atoms with Gasteiger partial charge in [-0.2, -0.15) is 0 Å². The second-order valence-electron chi connectivity index (χ2n) is 7.02. The van der Waals surface area contributed by atoms with Crippen LogP contribution < -0.4 is 9.80 Å². The predicted octanol–water partition coefficient (Wildman–Crippen LogP) is 2.39. The van der Waals surface area contributed by atoms with Gasteiger partial charge in [0.1, 0.15) is 0 Å². The number of anilines is 2. The molecule has 0 saturated carbocycles. The third-order valence-electron chi connectivity index (χ3n) is 5.46. The molecule has 8 heteroatoms. The van der Waals surface area contributed by atoms with Crippen LogP contribution in [0.4, 0.5) is 11.6 Å². The number of rotatable bonds is 3. The van der Waals surface area contributed by atoms with Crippen LogP contribution in [0.5, 0.6) is 0 Å². The number of hydrogen-bond donors (Lipinski definition) is 0. The standard InChI is InChI=1S/C18H21N7O/c1-2-10-24(9-1)17-18(21-16-15(20-17)22-26-23-16)25-11-5-14(6-12-25)13-3-7-19-8-4-13/h3-4,7-8,14H,1-2,5-6,9-12H2. The second kappa shape index (κ2) is 6.51. The highest BCUT2D eigenvalue weighted by Gasteiger charge is 2.28. The van der Waals surface area contributed by atoms with Crippen molar-refractivity contribution in [3.05, 3.63) is 30.1 Å². The van der Waals surface area contributed by atoms with E-state index in [0.29, 0.717) is 17.2 Å². The third-order valence-corrected chi connectivity index (χ3v) is 5.46. The van der Waals surface area contributed by atoms with Gasteiger partial charge in [-0.3, -0.25) is 4.98 Å². The fourth-order valence-corrected chi connectivity index (χ4v) is 4.03. The minimum Gasteiger partial charge on any atom is -0.353 e. The molecule has 0 bridgehead atoms. The number of aromatic nitrogens is 5. The van der Waals surface area contributed by atoms with Crippen LogP contribution in [0.3, 0.4) is 0 Å². The molecule has 3 aromatic rings. The van der Waals surface area contributed by atoms with Crippen LogP contribution in [0, 0.1) is 0 Å². The molecule has 2 aliphatic rings. The molecule has 0 aliphatic carbocycles. The Balaban J connectivity index is 1.42. The van der Waals surface area contributed by atoms with Crippen LogP contribution >= 0.6 is 0 Å². The van der Waals surface area contributed by atoms with E-state index in [-0.39, 0.29) is 0 Å². The van der Waals surface area contributed by atoms with E-state index in [1.807, 2.05) is 12.4 Å². The quantitative estimate of drug-likeness (QED) is 0.711. The Labute approximate surface area is 151 Å². The normalized spacial score (nSPS) is 18.8. The first-order chi connectivity index (χ1) is 12.9. The summed E-state index contributed by atoms with van der Waals surface area (Å²) in [7, 11) is 0. The summed E-state index contributed by atoms with van der Waals surface area (Å²) in [6, 6.07) is 4.26. The number of nitrogens with zero attached hydrogens (tertiary/aromatic N) is 7. The third kappa shape index (κ3) is 2.75. The van der Waals surface area contributed by atoms with Crippen LogP contribution in [0.25, 0.3) is 11.3 Å². The lowest BCUT2D eigenvalue weighted by Crippen LogP contribution is -2.35. The molecule has 2 aliphatic heterocycles. The monoisotopic (exact) mass is 351 g/mol. The first-order valence-corrected chi connectivity index (χ1v) is 9.28. The molecule has 0 atom stereocenters. The Morgan fingerprint density at radius 1 is 0.808 bits per heavy atom. The highest BCUT2D eigenvalue weighted by atomic mass is 16.6. The Kier molecular flexibility index (Phi) is 3.88. The van der Waals surface area contributed by atoms with E-state index >= 15 is 0 Å². The minimum absolute atomic E-state index is 0.485. The van der Waals surface area contributed by atoms with E-state index in [0.717, 1.165) is 50.7 Å². The Bertz CT molecular complexity index is 883. The SMILES string of the molecule is c1cc(C2CCN(c3nc4nonc4nc3N3CCCC3)CC2)ccn1. The van der Waals surface area contributed by atoms with Gasteiger partial charge in [-0.05, 0) is 59.6 Å². The van der Waals surface area contributed by atoms with Gasteiger partial charge in [-0.1, -0.05) is 0 Å². The largest absolute Gasteiger partial charge is 0.353 e. The predicted molar refractivity (Wildman–Crippen MR) is 97.3 cm³/mol. The number of pyridine rings is 1. The van der Waals surface area contributed by atoms with Crippen LogP contribution in [-0.2, 0) is 0 Å². The molecule has 3 aromatic heterocycles. The van der Waals surface area contributed by atoms with Crippen molar-refractivity contribution >= 4 is 22.9 Å². The molecule has 0 unspecified atom stereocenters. The maximum absolute atomic E-state index is 4.83. The Hall–Kier alpha value is -2.77. The fraction of sp³-hybridized carbons (Fsp3) is 0.500. The second-order valence-corrected chi connectivity index (χ2v) is 7.02. The summed E-state index contributed by atoms with van der Waals surface area (Å²) < 4.78 is 4.83. The lowest BCUT2D eigenvalue weighted by molar-refractivity contribution is 0.314. The van der Waals surface area contributed by atoms with Crippen molar-refractivity contribution in [1.82, 2.24) is 25.3 Å². The van der Waals surface area contributed by atoms with Crippen molar-refractivity contribution in [3.8, 4) is 0 Å². The van der Waals surface area contributed by atoms with Gasteiger partial charge in [0.2, 0.25) is 11.3 Å². The zero-order chi connectivity index (χ0) is 17.3. The lowest BCUT2D eigenvalue weighted by atomic mass is 9.90. The smallest absolute Gasteiger partial charge is 0.245 e. The zero-order valence-electron chi connectivity index (χ0n) is 14.6. The van der Waals surface area contributed by atoms with Gasteiger partial charge in [-0.25, -0.2) is 14.6 Å². The van der Waals surface area contributed by atoms with Crippen LogP contribution in [0.15, 0.2) is 29.2 Å². The van der Waals surface area contributed by atoms with Gasteiger partial charge in [0.25, 0.3) is 0 Å². The summed E-state index contributed by atoms with van der Waals surface area (Å²) in [4.78, 5) is 18.2. The summed E-state index contributed by atoms with van der Waals surface area (Å²) in [5, 5.41) is 7.77. The molecule has 5 rings (SSSR count). The van der Waals surface area contributed by atoms with Crippen molar-refractivity contribution in [2.24, 2.45) is 0 Å². The maximum atomic E-state index is 4.83. The molecule has 2 fully saturated rings. The van der Waals surface area contributed by atoms with Gasteiger partial charge >= 0.3 is 0 Å². The number of hydrogen-bond acceptors (Lipinski definition) is 8. The average Bonchev–Trinajstić information content (AvgIpc) is 3.39. The average molecular weight is 351 g/mol. The van der Waals surface area contributed by atoms with E-state index in [1.165, 1.54) is 18.4 Å². The topological polar surface area (TPSA) is 84.1 Å². The van der Waals surface area contributed by atoms with E-state index in [9.17, 15) is 0 Å². The van der Waals surface area contributed by atoms with E-state index in [2.05, 4.69) is 37.2 Å². The van der Waals surface area contributed by atoms with Gasteiger partial charge in [0.05, 0.1) is 0 Å². The molecule has 8 nitrogen and oxygen atoms in total. The lowest BCUT2D eigenvalue weighted by Gasteiger charge is -2.34. The molecule has 0 aromatic carbocycles. The van der Waals surface area contributed by atoms with E-state index < -0.39 is 0 Å². The molecule has 5 heterocycles. The van der Waals surface area contributed by atoms with E-state index in [1.54, 1.807) is 0 Å². The summed E-state index contributed by atoms with van der Waals surface area (Å²) in [6.45, 7) is 3.95. The maximum Gasteiger partial charge on any atom is 0.245 e. The molecule has 0 amide bonds. The molecular weight excluding hydrogens is 330 g/mol. The molecule has 134 valence electrons. The molecular formula is C18H21N7O. The van der Waals surface area contributed by atoms with Crippen LogP contribution in [0.1, 0.15) is 37.2 Å². The number of fused-ring (bicyclic) bond motifs is 1. The summed E-state index contributed by atoms with van der Waals surface area (Å²) in [6.07, 6.45) is 8.34. The fourth-order valence-electron chi connectivity index (χ4n) is 4.03. The molecule has 0 N–H and O–H groups in total. The van der Waals surface area contributed by atoms with Crippen molar-refractivity contribution in [2.75, 3.05) is 36.0 Å². The van der Waals surface area contributed by atoms with Crippen LogP contribution in [0.2, 0.25) is 0 Å². The van der Waals surface area contributed by atoms with Crippen molar-refractivity contribution < 1.29 is 4.63 Å². The van der Waals surface area contributed by atoms with Gasteiger partial charge in [-0.15, -0.1) is 0 Å².